The third-order valence-electron chi connectivity index (χ3n) is 2.84. The highest BCUT2D eigenvalue weighted by Gasteiger charge is 2.37. The van der Waals surface area contributed by atoms with Crippen molar-refractivity contribution in [1.29, 1.82) is 0 Å². The third kappa shape index (κ3) is 4.60. The Kier molecular flexibility index (Phi) is 5.21. The minimum absolute atomic E-state index is 0.0359. The molecule has 0 aliphatic heterocycles. The molecule has 0 aromatic carbocycles. The van der Waals surface area contributed by atoms with Crippen molar-refractivity contribution in [3.8, 4) is 0 Å². The van der Waals surface area contributed by atoms with Crippen LogP contribution < -0.4 is 10.6 Å². The van der Waals surface area contributed by atoms with Crippen molar-refractivity contribution < 1.29 is 19.4 Å². The maximum Gasteiger partial charge on any atom is 0.328 e. The van der Waals surface area contributed by atoms with Gasteiger partial charge in [-0.15, -0.1) is 0 Å². The number of carbonyl (C=O) groups is 2. The summed E-state index contributed by atoms with van der Waals surface area (Å²) in [5.74, 6) is -0.542. The van der Waals surface area contributed by atoms with E-state index in [2.05, 4.69) is 17.6 Å². The number of carboxylic acids is 1. The molecule has 17 heavy (non-hydrogen) atoms. The molecule has 0 heterocycles. The van der Waals surface area contributed by atoms with E-state index in [1.54, 1.807) is 0 Å². The summed E-state index contributed by atoms with van der Waals surface area (Å²) in [5.41, 5.74) is 0. The molecule has 98 valence electrons. The van der Waals surface area contributed by atoms with E-state index in [9.17, 15) is 9.59 Å². The Morgan fingerprint density at radius 3 is 2.76 bits per heavy atom. The first-order valence-electron chi connectivity index (χ1n) is 5.87. The standard InChI is InChI=1S/C11H20N2O4/c1-3-4-7-5-8(7)12-11(16)13-9(6-17-2)10(14)15/h7-9H,3-6H2,1-2H3,(H,14,15)(H2,12,13,16). The SMILES string of the molecule is CCCC1CC1NC(=O)NC(COC)C(=O)O. The number of rotatable bonds is 7. The topological polar surface area (TPSA) is 87.7 Å². The molecule has 3 atom stereocenters. The fraction of sp³-hybridized carbons (Fsp3) is 0.818. The molecule has 6 nitrogen and oxygen atoms in total. The van der Waals surface area contributed by atoms with E-state index >= 15 is 0 Å². The van der Waals surface area contributed by atoms with E-state index in [-0.39, 0.29) is 12.6 Å². The van der Waals surface area contributed by atoms with Gasteiger partial charge in [0.25, 0.3) is 0 Å². The fourth-order valence-corrected chi connectivity index (χ4v) is 1.82. The number of methoxy groups -OCH3 is 1. The van der Waals surface area contributed by atoms with Crippen molar-refractivity contribution in [1.82, 2.24) is 10.6 Å². The van der Waals surface area contributed by atoms with E-state index in [4.69, 9.17) is 9.84 Å². The average molecular weight is 244 g/mol. The van der Waals surface area contributed by atoms with Gasteiger partial charge in [0.1, 0.15) is 0 Å². The summed E-state index contributed by atoms with van der Waals surface area (Å²) in [7, 11) is 1.40. The van der Waals surface area contributed by atoms with Gasteiger partial charge in [0, 0.05) is 13.2 Å². The van der Waals surface area contributed by atoms with Crippen LogP contribution >= 0.6 is 0 Å². The van der Waals surface area contributed by atoms with E-state index in [1.807, 2.05) is 0 Å². The van der Waals surface area contributed by atoms with Crippen molar-refractivity contribution >= 4 is 12.0 Å². The predicted octanol–water partition coefficient (Wildman–Crippen LogP) is 0.574. The van der Waals surface area contributed by atoms with Crippen LogP contribution in [-0.2, 0) is 9.53 Å². The number of ether oxygens (including phenoxy) is 1. The number of carbonyl (C=O) groups excluding carboxylic acids is 1. The monoisotopic (exact) mass is 244 g/mol. The van der Waals surface area contributed by atoms with Gasteiger partial charge in [0.2, 0.25) is 0 Å². The van der Waals surface area contributed by atoms with E-state index in [0.29, 0.717) is 5.92 Å². The summed E-state index contributed by atoms with van der Waals surface area (Å²) in [6, 6.07) is -1.23. The lowest BCUT2D eigenvalue weighted by atomic mass is 10.2. The summed E-state index contributed by atoms with van der Waals surface area (Å²) < 4.78 is 4.72. The molecular weight excluding hydrogens is 224 g/mol. The van der Waals surface area contributed by atoms with Crippen LogP contribution in [-0.4, -0.2) is 42.9 Å². The lowest BCUT2D eigenvalue weighted by Crippen LogP contribution is -2.48. The number of hydrogen-bond acceptors (Lipinski definition) is 3. The van der Waals surface area contributed by atoms with E-state index in [1.165, 1.54) is 7.11 Å². The Morgan fingerprint density at radius 2 is 2.24 bits per heavy atom. The molecule has 0 saturated heterocycles. The van der Waals surface area contributed by atoms with Crippen LogP contribution in [0, 0.1) is 5.92 Å². The fourth-order valence-electron chi connectivity index (χ4n) is 1.82. The minimum Gasteiger partial charge on any atom is -0.480 e. The van der Waals surface area contributed by atoms with Gasteiger partial charge in [-0.25, -0.2) is 9.59 Å². The predicted molar refractivity (Wildman–Crippen MR) is 61.8 cm³/mol. The number of urea groups is 1. The van der Waals surface area contributed by atoms with E-state index < -0.39 is 18.0 Å². The average Bonchev–Trinajstić information content (AvgIpc) is 2.96. The van der Waals surface area contributed by atoms with Crippen molar-refractivity contribution in [2.24, 2.45) is 5.92 Å². The number of carboxylic acid groups (broad SMARTS) is 1. The number of aliphatic carboxylic acids is 1. The maximum atomic E-state index is 11.5. The molecule has 1 aliphatic rings. The molecule has 0 bridgehead atoms. The Bertz CT molecular complexity index is 283. The number of nitrogens with one attached hydrogen (secondary N) is 2. The molecule has 0 aromatic rings. The summed E-state index contributed by atoms with van der Waals surface area (Å²) in [5, 5.41) is 14.0. The minimum atomic E-state index is -1.09. The summed E-state index contributed by atoms with van der Waals surface area (Å²) >= 11 is 0. The van der Waals surface area contributed by atoms with Crippen LogP contribution in [0.15, 0.2) is 0 Å². The molecule has 6 heteroatoms. The van der Waals surface area contributed by atoms with Gasteiger partial charge >= 0.3 is 12.0 Å². The first kappa shape index (κ1) is 13.8. The van der Waals surface area contributed by atoms with Gasteiger partial charge in [0.15, 0.2) is 6.04 Å². The largest absolute Gasteiger partial charge is 0.480 e. The first-order valence-corrected chi connectivity index (χ1v) is 5.87. The Hall–Kier alpha value is -1.30. The van der Waals surface area contributed by atoms with Gasteiger partial charge in [-0.3, -0.25) is 0 Å². The molecule has 1 fully saturated rings. The van der Waals surface area contributed by atoms with Crippen molar-refractivity contribution in [2.75, 3.05) is 13.7 Å². The molecule has 1 rings (SSSR count). The molecule has 0 spiro atoms. The lowest BCUT2D eigenvalue weighted by molar-refractivity contribution is -0.140. The highest BCUT2D eigenvalue weighted by atomic mass is 16.5. The van der Waals surface area contributed by atoms with Crippen molar-refractivity contribution in [3.05, 3.63) is 0 Å². The highest BCUT2D eigenvalue weighted by Crippen LogP contribution is 2.34. The van der Waals surface area contributed by atoms with Gasteiger partial charge in [0.05, 0.1) is 6.61 Å². The second kappa shape index (κ2) is 6.44. The Balaban J connectivity index is 2.26. The quantitative estimate of drug-likeness (QED) is 0.611. The molecule has 3 N–H and O–H groups in total. The second-order valence-corrected chi connectivity index (χ2v) is 4.35. The third-order valence-corrected chi connectivity index (χ3v) is 2.84. The second-order valence-electron chi connectivity index (χ2n) is 4.35. The summed E-state index contributed by atoms with van der Waals surface area (Å²) in [4.78, 5) is 22.3. The van der Waals surface area contributed by atoms with Crippen LogP contribution in [0.3, 0.4) is 0 Å². The zero-order valence-electron chi connectivity index (χ0n) is 10.2. The normalized spacial score (nSPS) is 23.9. The summed E-state index contributed by atoms with van der Waals surface area (Å²) in [6.45, 7) is 2.07. The van der Waals surface area contributed by atoms with Gasteiger partial charge in [-0.1, -0.05) is 13.3 Å². The Morgan fingerprint density at radius 1 is 1.53 bits per heavy atom. The lowest BCUT2D eigenvalue weighted by Gasteiger charge is -2.14. The highest BCUT2D eigenvalue weighted by molar-refractivity contribution is 5.82. The van der Waals surface area contributed by atoms with Crippen LogP contribution in [0.2, 0.25) is 0 Å². The zero-order chi connectivity index (χ0) is 12.8. The molecule has 3 unspecified atom stereocenters. The van der Waals surface area contributed by atoms with Gasteiger partial charge in [-0.05, 0) is 18.8 Å². The van der Waals surface area contributed by atoms with Crippen LogP contribution in [0.25, 0.3) is 0 Å². The van der Waals surface area contributed by atoms with Crippen LogP contribution in [0.5, 0.6) is 0 Å². The van der Waals surface area contributed by atoms with Crippen molar-refractivity contribution in [2.45, 2.75) is 38.3 Å². The van der Waals surface area contributed by atoms with Crippen LogP contribution in [0.1, 0.15) is 26.2 Å². The number of hydrogen-bond donors (Lipinski definition) is 3. The molecule has 1 saturated carbocycles. The maximum absolute atomic E-state index is 11.5. The zero-order valence-corrected chi connectivity index (χ0v) is 10.2. The smallest absolute Gasteiger partial charge is 0.328 e. The molecule has 2 amide bonds. The molecule has 1 aliphatic carbocycles. The van der Waals surface area contributed by atoms with E-state index in [0.717, 1.165) is 19.3 Å². The molecular formula is C11H20N2O4. The van der Waals surface area contributed by atoms with Crippen molar-refractivity contribution in [3.63, 3.8) is 0 Å². The van der Waals surface area contributed by atoms with Crippen LogP contribution in [0.4, 0.5) is 4.79 Å². The molecule has 0 aromatic heterocycles. The Labute approximate surface area is 101 Å². The first-order chi connectivity index (χ1) is 8.08. The summed E-state index contributed by atoms with van der Waals surface area (Å²) in [6.07, 6.45) is 3.19. The number of amides is 2. The van der Waals surface area contributed by atoms with Gasteiger partial charge in [-0.2, -0.15) is 0 Å². The molecule has 0 radical (unpaired) electrons. The van der Waals surface area contributed by atoms with Gasteiger partial charge < -0.3 is 20.5 Å².